The predicted molar refractivity (Wildman–Crippen MR) is 120 cm³/mol. The van der Waals surface area contributed by atoms with E-state index < -0.39 is 33.9 Å². The molecule has 0 saturated carbocycles. The Morgan fingerprint density at radius 3 is 2.22 bits per heavy atom. The van der Waals surface area contributed by atoms with Crippen molar-refractivity contribution in [2.24, 2.45) is 0 Å². The molecule has 1 atom stereocenters. The van der Waals surface area contributed by atoms with Crippen LogP contribution in [-0.4, -0.2) is 57.3 Å². The van der Waals surface area contributed by atoms with Gasteiger partial charge in [-0.05, 0) is 50.1 Å². The second-order valence-electron chi connectivity index (χ2n) is 7.40. The molecule has 0 saturated heterocycles. The molecule has 0 spiro atoms. The van der Waals surface area contributed by atoms with Crippen molar-refractivity contribution in [1.82, 2.24) is 9.62 Å². The van der Waals surface area contributed by atoms with Gasteiger partial charge in [-0.15, -0.1) is 0 Å². The Hall–Kier alpha value is -3.24. The third-order valence-corrected chi connectivity index (χ3v) is 6.48. The Labute approximate surface area is 187 Å². The SMILES string of the molecule is Cc1cccc(C)c1NC(=O)CNC(=O)C(C)OC(=O)c1cccc(S(=O)(=O)N(C)C)c1. The fraction of sp³-hybridized carbons (Fsp3) is 0.318. The first kappa shape index (κ1) is 25.0. The Kier molecular flexibility index (Phi) is 8.12. The van der Waals surface area contributed by atoms with Crippen molar-refractivity contribution in [1.29, 1.82) is 0 Å². The highest BCUT2D eigenvalue weighted by atomic mass is 32.2. The van der Waals surface area contributed by atoms with Gasteiger partial charge >= 0.3 is 5.97 Å². The zero-order chi connectivity index (χ0) is 24.1. The lowest BCUT2D eigenvalue weighted by atomic mass is 10.1. The Balaban J connectivity index is 1.95. The van der Waals surface area contributed by atoms with Crippen molar-refractivity contribution in [2.75, 3.05) is 26.0 Å². The minimum absolute atomic E-state index is 0.0136. The van der Waals surface area contributed by atoms with Crippen molar-refractivity contribution in [2.45, 2.75) is 31.8 Å². The molecule has 0 aliphatic heterocycles. The number of carbonyl (C=O) groups excluding carboxylic acids is 3. The summed E-state index contributed by atoms with van der Waals surface area (Å²) in [4.78, 5) is 36.7. The molecule has 0 fully saturated rings. The van der Waals surface area contributed by atoms with E-state index in [0.29, 0.717) is 5.69 Å². The number of sulfonamides is 1. The second-order valence-corrected chi connectivity index (χ2v) is 9.55. The number of anilines is 1. The Morgan fingerprint density at radius 1 is 1.03 bits per heavy atom. The highest BCUT2D eigenvalue weighted by Gasteiger charge is 2.22. The lowest BCUT2D eigenvalue weighted by Crippen LogP contribution is -2.40. The number of rotatable bonds is 8. The maximum atomic E-state index is 12.4. The van der Waals surface area contributed by atoms with Crippen LogP contribution in [0.25, 0.3) is 0 Å². The van der Waals surface area contributed by atoms with E-state index in [-0.39, 0.29) is 17.0 Å². The lowest BCUT2D eigenvalue weighted by Gasteiger charge is -2.15. The fourth-order valence-corrected chi connectivity index (χ4v) is 3.73. The molecule has 0 aliphatic carbocycles. The number of nitrogens with one attached hydrogen (secondary N) is 2. The first-order chi connectivity index (χ1) is 14.9. The van der Waals surface area contributed by atoms with E-state index in [2.05, 4.69) is 10.6 Å². The number of carbonyl (C=O) groups is 3. The molecule has 172 valence electrons. The van der Waals surface area contributed by atoms with Gasteiger partial charge in [0.2, 0.25) is 15.9 Å². The predicted octanol–water partition coefficient (Wildman–Crippen LogP) is 1.85. The molecular formula is C22H27N3O6S. The maximum Gasteiger partial charge on any atom is 0.338 e. The van der Waals surface area contributed by atoms with Crippen molar-refractivity contribution in [3.8, 4) is 0 Å². The zero-order valence-corrected chi connectivity index (χ0v) is 19.4. The number of esters is 1. The topological polar surface area (TPSA) is 122 Å². The van der Waals surface area contributed by atoms with Crippen LogP contribution in [0.4, 0.5) is 5.69 Å². The number of hydrogen-bond acceptors (Lipinski definition) is 6. The number of benzene rings is 2. The van der Waals surface area contributed by atoms with Crippen LogP contribution in [-0.2, 0) is 24.3 Å². The van der Waals surface area contributed by atoms with Crippen LogP contribution in [0.15, 0.2) is 47.4 Å². The number of amides is 2. The summed E-state index contributed by atoms with van der Waals surface area (Å²) in [5.74, 6) is -1.94. The Morgan fingerprint density at radius 2 is 1.62 bits per heavy atom. The molecular weight excluding hydrogens is 434 g/mol. The summed E-state index contributed by atoms with van der Waals surface area (Å²) in [5, 5.41) is 5.16. The summed E-state index contributed by atoms with van der Waals surface area (Å²) in [6.45, 7) is 4.78. The minimum Gasteiger partial charge on any atom is -0.449 e. The highest BCUT2D eigenvalue weighted by Crippen LogP contribution is 2.19. The molecule has 1 unspecified atom stereocenters. The standard InChI is InChI=1S/C22H27N3O6S/c1-14-8-6-9-15(2)20(14)24-19(26)13-23-21(27)16(3)31-22(28)17-10-7-11-18(12-17)32(29,30)25(4)5/h6-12,16H,13H2,1-5H3,(H,23,27)(H,24,26). The average molecular weight is 462 g/mol. The van der Waals surface area contributed by atoms with Gasteiger partial charge in [0.05, 0.1) is 17.0 Å². The van der Waals surface area contributed by atoms with E-state index in [1.54, 1.807) is 0 Å². The van der Waals surface area contributed by atoms with Gasteiger partial charge in [0.15, 0.2) is 6.10 Å². The molecule has 0 aliphatic rings. The van der Waals surface area contributed by atoms with Gasteiger partial charge in [0.1, 0.15) is 0 Å². The van der Waals surface area contributed by atoms with E-state index >= 15 is 0 Å². The van der Waals surface area contributed by atoms with Crippen LogP contribution in [0.2, 0.25) is 0 Å². The first-order valence-corrected chi connectivity index (χ1v) is 11.2. The van der Waals surface area contributed by atoms with Crippen LogP contribution in [0, 0.1) is 13.8 Å². The second kappa shape index (κ2) is 10.4. The molecule has 2 N–H and O–H groups in total. The maximum absolute atomic E-state index is 12.4. The summed E-state index contributed by atoms with van der Waals surface area (Å²) in [5.41, 5.74) is 2.45. The van der Waals surface area contributed by atoms with E-state index in [0.717, 1.165) is 15.4 Å². The molecule has 9 nitrogen and oxygen atoms in total. The van der Waals surface area contributed by atoms with Gasteiger partial charge in [0, 0.05) is 19.8 Å². The molecule has 0 aromatic heterocycles. The molecule has 2 aromatic rings. The molecule has 0 radical (unpaired) electrons. The molecule has 2 aromatic carbocycles. The number of hydrogen-bond donors (Lipinski definition) is 2. The number of ether oxygens (including phenoxy) is 1. The van der Waals surface area contributed by atoms with Gasteiger partial charge in [-0.25, -0.2) is 17.5 Å². The van der Waals surface area contributed by atoms with Crippen molar-refractivity contribution < 1.29 is 27.5 Å². The summed E-state index contributed by atoms with van der Waals surface area (Å²) < 4.78 is 30.6. The third-order valence-electron chi connectivity index (χ3n) is 4.67. The van der Waals surface area contributed by atoms with Gasteiger partial charge in [-0.3, -0.25) is 9.59 Å². The molecule has 2 rings (SSSR count). The molecule has 0 heterocycles. The van der Waals surface area contributed by atoms with Crippen LogP contribution < -0.4 is 10.6 Å². The van der Waals surface area contributed by atoms with E-state index in [1.807, 2.05) is 32.0 Å². The van der Waals surface area contributed by atoms with E-state index in [9.17, 15) is 22.8 Å². The largest absolute Gasteiger partial charge is 0.449 e. The molecule has 10 heteroatoms. The number of aryl methyl sites for hydroxylation is 2. The fourth-order valence-electron chi connectivity index (χ4n) is 2.78. The summed E-state index contributed by atoms with van der Waals surface area (Å²) in [6, 6.07) is 10.9. The smallest absolute Gasteiger partial charge is 0.338 e. The van der Waals surface area contributed by atoms with Crippen LogP contribution >= 0.6 is 0 Å². The third kappa shape index (κ3) is 6.14. The van der Waals surface area contributed by atoms with Gasteiger partial charge < -0.3 is 15.4 Å². The zero-order valence-electron chi connectivity index (χ0n) is 18.6. The lowest BCUT2D eigenvalue weighted by molar-refractivity contribution is -0.130. The normalized spacial score (nSPS) is 12.2. The highest BCUT2D eigenvalue weighted by molar-refractivity contribution is 7.89. The summed E-state index contributed by atoms with van der Waals surface area (Å²) in [6.07, 6.45) is -1.19. The van der Waals surface area contributed by atoms with Gasteiger partial charge in [-0.1, -0.05) is 24.3 Å². The average Bonchev–Trinajstić information content (AvgIpc) is 2.74. The van der Waals surface area contributed by atoms with E-state index in [4.69, 9.17) is 4.74 Å². The molecule has 2 amide bonds. The van der Waals surface area contributed by atoms with Gasteiger partial charge in [0.25, 0.3) is 5.91 Å². The summed E-state index contributed by atoms with van der Waals surface area (Å²) in [7, 11) is -0.970. The first-order valence-electron chi connectivity index (χ1n) is 9.81. The van der Waals surface area contributed by atoms with Gasteiger partial charge in [-0.2, -0.15) is 0 Å². The van der Waals surface area contributed by atoms with Crippen LogP contribution in [0.5, 0.6) is 0 Å². The Bertz CT molecular complexity index is 1110. The number of para-hydroxylation sites is 1. The van der Waals surface area contributed by atoms with Crippen molar-refractivity contribution in [3.63, 3.8) is 0 Å². The summed E-state index contributed by atoms with van der Waals surface area (Å²) >= 11 is 0. The number of nitrogens with zero attached hydrogens (tertiary/aromatic N) is 1. The molecule has 32 heavy (non-hydrogen) atoms. The quantitative estimate of drug-likeness (QED) is 0.579. The van der Waals surface area contributed by atoms with Crippen molar-refractivity contribution >= 4 is 33.5 Å². The molecule has 0 bridgehead atoms. The van der Waals surface area contributed by atoms with Crippen LogP contribution in [0.3, 0.4) is 0 Å². The minimum atomic E-state index is -3.73. The van der Waals surface area contributed by atoms with Crippen LogP contribution in [0.1, 0.15) is 28.4 Å². The van der Waals surface area contributed by atoms with E-state index in [1.165, 1.54) is 45.3 Å². The van der Waals surface area contributed by atoms with Crippen molar-refractivity contribution in [3.05, 3.63) is 59.2 Å². The monoisotopic (exact) mass is 461 g/mol.